The van der Waals surface area contributed by atoms with E-state index in [2.05, 4.69) is 18.7 Å². The zero-order valence-electron chi connectivity index (χ0n) is 10.2. The third kappa shape index (κ3) is 2.71. The van der Waals surface area contributed by atoms with E-state index in [4.69, 9.17) is 0 Å². The van der Waals surface area contributed by atoms with Crippen LogP contribution in [0.15, 0.2) is 12.1 Å². The average molecular weight is 237 g/mol. The number of hydrogen-bond donors (Lipinski definition) is 0. The molecule has 1 aliphatic heterocycles. The summed E-state index contributed by atoms with van der Waals surface area (Å²) >= 11 is 1.60. The zero-order chi connectivity index (χ0) is 11.8. The summed E-state index contributed by atoms with van der Waals surface area (Å²) in [6.07, 6.45) is 1.20. The van der Waals surface area contributed by atoms with E-state index in [-0.39, 0.29) is 5.78 Å². The van der Waals surface area contributed by atoms with Gasteiger partial charge < -0.3 is 0 Å². The molecule has 0 aliphatic carbocycles. The molecule has 0 saturated carbocycles. The lowest BCUT2D eigenvalue weighted by Gasteiger charge is -2.18. The molecule has 0 bridgehead atoms. The monoisotopic (exact) mass is 237 g/mol. The Labute approximate surface area is 101 Å². The van der Waals surface area contributed by atoms with Gasteiger partial charge >= 0.3 is 0 Å². The summed E-state index contributed by atoms with van der Waals surface area (Å²) in [5, 5.41) is 0. The third-order valence-electron chi connectivity index (χ3n) is 3.14. The van der Waals surface area contributed by atoms with Crippen LogP contribution >= 0.6 is 11.3 Å². The van der Waals surface area contributed by atoms with E-state index < -0.39 is 0 Å². The van der Waals surface area contributed by atoms with Gasteiger partial charge in [-0.05, 0) is 37.4 Å². The number of hydrogen-bond acceptors (Lipinski definition) is 3. The van der Waals surface area contributed by atoms with Gasteiger partial charge in [-0.15, -0.1) is 11.3 Å². The maximum atomic E-state index is 12.0. The first kappa shape index (κ1) is 11.8. The van der Waals surface area contributed by atoms with Crippen LogP contribution in [0.25, 0.3) is 0 Å². The molecular weight excluding hydrogens is 218 g/mol. The van der Waals surface area contributed by atoms with Gasteiger partial charge in [0.05, 0.1) is 11.4 Å². The molecule has 0 radical (unpaired) electrons. The zero-order valence-corrected chi connectivity index (χ0v) is 11.1. The number of carbonyl (C=O) groups is 1. The van der Waals surface area contributed by atoms with Crippen molar-refractivity contribution < 1.29 is 4.79 Å². The van der Waals surface area contributed by atoms with E-state index in [9.17, 15) is 4.79 Å². The normalized spacial score (nSPS) is 20.2. The minimum atomic E-state index is 0.274. The fourth-order valence-electron chi connectivity index (χ4n) is 2.22. The molecule has 1 aromatic heterocycles. The highest BCUT2D eigenvalue weighted by Crippen LogP contribution is 2.29. The molecule has 1 aliphatic rings. The number of nitrogens with zero attached hydrogens (tertiary/aromatic N) is 1. The van der Waals surface area contributed by atoms with Crippen LogP contribution in [0, 0.1) is 12.3 Å². The Kier molecular flexibility index (Phi) is 3.17. The molecule has 2 nitrogen and oxygen atoms in total. The minimum absolute atomic E-state index is 0.274. The first-order valence-electron chi connectivity index (χ1n) is 5.78. The van der Waals surface area contributed by atoms with Crippen LogP contribution in [0.1, 0.15) is 34.8 Å². The second-order valence-electron chi connectivity index (χ2n) is 5.46. The predicted molar refractivity (Wildman–Crippen MR) is 68.2 cm³/mol. The van der Waals surface area contributed by atoms with Crippen molar-refractivity contribution in [1.82, 2.24) is 4.90 Å². The molecule has 3 heteroatoms. The van der Waals surface area contributed by atoms with Gasteiger partial charge in [0.2, 0.25) is 0 Å². The van der Waals surface area contributed by atoms with E-state index in [1.54, 1.807) is 11.3 Å². The van der Waals surface area contributed by atoms with Gasteiger partial charge in [0.1, 0.15) is 0 Å². The van der Waals surface area contributed by atoms with Crippen LogP contribution in [-0.4, -0.2) is 30.3 Å². The van der Waals surface area contributed by atoms with Crippen molar-refractivity contribution in [2.24, 2.45) is 5.41 Å². The van der Waals surface area contributed by atoms with Crippen LogP contribution in [0.2, 0.25) is 0 Å². The number of rotatable bonds is 3. The summed E-state index contributed by atoms with van der Waals surface area (Å²) in [4.78, 5) is 16.4. The van der Waals surface area contributed by atoms with Crippen molar-refractivity contribution in [3.05, 3.63) is 21.9 Å². The first-order valence-corrected chi connectivity index (χ1v) is 6.60. The Bertz CT molecular complexity index is 394. The maximum absolute atomic E-state index is 12.0. The summed E-state index contributed by atoms with van der Waals surface area (Å²) < 4.78 is 0. The van der Waals surface area contributed by atoms with Gasteiger partial charge in [-0.25, -0.2) is 0 Å². The molecule has 16 heavy (non-hydrogen) atoms. The fraction of sp³-hybridized carbons (Fsp3) is 0.615. The molecule has 1 saturated heterocycles. The van der Waals surface area contributed by atoms with Crippen molar-refractivity contribution in [2.75, 3.05) is 19.6 Å². The largest absolute Gasteiger partial charge is 0.295 e. The van der Waals surface area contributed by atoms with Gasteiger partial charge in [-0.2, -0.15) is 0 Å². The van der Waals surface area contributed by atoms with Crippen LogP contribution in [0.5, 0.6) is 0 Å². The lowest BCUT2D eigenvalue weighted by Crippen LogP contribution is -2.29. The molecule has 2 heterocycles. The maximum Gasteiger partial charge on any atom is 0.186 e. The Morgan fingerprint density at radius 2 is 2.25 bits per heavy atom. The molecule has 0 amide bonds. The van der Waals surface area contributed by atoms with Crippen LogP contribution in [0.3, 0.4) is 0 Å². The number of likely N-dealkylation sites (tertiary alicyclic amines) is 1. The molecular formula is C13H19NOS. The summed E-state index contributed by atoms with van der Waals surface area (Å²) in [7, 11) is 0. The highest BCUT2D eigenvalue weighted by molar-refractivity contribution is 7.14. The predicted octanol–water partition coefficient (Wildman–Crippen LogP) is 2.97. The van der Waals surface area contributed by atoms with Crippen molar-refractivity contribution in [3.63, 3.8) is 0 Å². The number of thiophene rings is 1. The van der Waals surface area contributed by atoms with Gasteiger partial charge in [0.15, 0.2) is 5.78 Å². The summed E-state index contributed by atoms with van der Waals surface area (Å²) in [5.74, 6) is 0.274. The SMILES string of the molecule is Cc1ccc(C(=O)CN2CCC(C)(C)C2)s1. The molecule has 2 rings (SSSR count). The highest BCUT2D eigenvalue weighted by Gasteiger charge is 2.30. The quantitative estimate of drug-likeness (QED) is 0.753. The molecule has 0 aromatic carbocycles. The lowest BCUT2D eigenvalue weighted by atomic mass is 9.93. The van der Waals surface area contributed by atoms with Gasteiger partial charge in [0, 0.05) is 11.4 Å². The number of carbonyl (C=O) groups excluding carboxylic acids is 1. The standard InChI is InChI=1S/C13H19NOS/c1-10-4-5-12(16-10)11(15)8-14-7-6-13(2,3)9-14/h4-5H,6-9H2,1-3H3. The summed E-state index contributed by atoms with van der Waals surface area (Å²) in [5.41, 5.74) is 0.381. The second-order valence-corrected chi connectivity index (χ2v) is 6.75. The topological polar surface area (TPSA) is 20.3 Å². The molecule has 0 spiro atoms. The van der Waals surface area contributed by atoms with E-state index >= 15 is 0 Å². The number of Topliss-reactive ketones (excluding diaryl/α,β-unsaturated/α-hetero) is 1. The molecule has 1 aromatic rings. The molecule has 1 fully saturated rings. The van der Waals surface area contributed by atoms with E-state index in [0.29, 0.717) is 12.0 Å². The van der Waals surface area contributed by atoms with Crippen molar-refractivity contribution >= 4 is 17.1 Å². The lowest BCUT2D eigenvalue weighted by molar-refractivity contribution is 0.0944. The highest BCUT2D eigenvalue weighted by atomic mass is 32.1. The Hall–Kier alpha value is -0.670. The first-order chi connectivity index (χ1) is 7.46. The van der Waals surface area contributed by atoms with Gasteiger partial charge in [-0.3, -0.25) is 9.69 Å². The van der Waals surface area contributed by atoms with Crippen LogP contribution < -0.4 is 0 Å². The fourth-order valence-corrected chi connectivity index (χ4v) is 3.02. The van der Waals surface area contributed by atoms with Gasteiger partial charge in [-0.1, -0.05) is 13.8 Å². The smallest absolute Gasteiger partial charge is 0.186 e. The van der Waals surface area contributed by atoms with Crippen LogP contribution in [0.4, 0.5) is 0 Å². The van der Waals surface area contributed by atoms with Crippen molar-refractivity contribution in [2.45, 2.75) is 27.2 Å². The number of aryl methyl sites for hydroxylation is 1. The third-order valence-corrected chi connectivity index (χ3v) is 4.18. The Morgan fingerprint density at radius 3 is 2.75 bits per heavy atom. The van der Waals surface area contributed by atoms with E-state index in [1.165, 1.54) is 11.3 Å². The minimum Gasteiger partial charge on any atom is -0.295 e. The summed E-state index contributed by atoms with van der Waals surface area (Å²) in [6.45, 7) is 9.27. The summed E-state index contributed by atoms with van der Waals surface area (Å²) in [6, 6.07) is 3.97. The Balaban J connectivity index is 1.94. The van der Waals surface area contributed by atoms with E-state index in [0.717, 1.165) is 18.0 Å². The van der Waals surface area contributed by atoms with Gasteiger partial charge in [0.25, 0.3) is 0 Å². The molecule has 0 unspecified atom stereocenters. The number of ketones is 1. The van der Waals surface area contributed by atoms with E-state index in [1.807, 2.05) is 19.1 Å². The molecule has 0 N–H and O–H groups in total. The molecule has 0 atom stereocenters. The van der Waals surface area contributed by atoms with Crippen molar-refractivity contribution in [3.8, 4) is 0 Å². The average Bonchev–Trinajstić information content (AvgIpc) is 2.73. The molecule has 88 valence electrons. The van der Waals surface area contributed by atoms with Crippen LogP contribution in [-0.2, 0) is 0 Å². The second kappa shape index (κ2) is 4.30. The van der Waals surface area contributed by atoms with Crippen molar-refractivity contribution in [1.29, 1.82) is 0 Å². The Morgan fingerprint density at radius 1 is 1.50 bits per heavy atom.